The number of rotatable bonds is 5. The van der Waals surface area contributed by atoms with Crippen LogP contribution in [-0.4, -0.2) is 20.8 Å². The summed E-state index contributed by atoms with van der Waals surface area (Å²) in [5.41, 5.74) is 0.214. The molecule has 0 spiro atoms. The molecule has 0 radical (unpaired) electrons. The average Bonchev–Trinajstić information content (AvgIpc) is 2.60. The Kier molecular flexibility index (Phi) is 4.87. The predicted octanol–water partition coefficient (Wildman–Crippen LogP) is 1.70. The highest BCUT2D eigenvalue weighted by Gasteiger charge is 2.37. The van der Waals surface area contributed by atoms with Gasteiger partial charge in [-0.05, 0) is 31.4 Å². The van der Waals surface area contributed by atoms with Gasteiger partial charge in [0, 0.05) is 18.7 Å². The van der Waals surface area contributed by atoms with Crippen molar-refractivity contribution in [3.05, 3.63) is 66.5 Å². The normalized spacial score (nSPS) is 12.9. The number of carbonyl (C=O) groups excluding carboxylic acids is 2. The maximum atomic E-state index is 13.2. The lowest BCUT2D eigenvalue weighted by Crippen LogP contribution is -2.41. The van der Waals surface area contributed by atoms with Crippen LogP contribution >= 0.6 is 0 Å². The van der Waals surface area contributed by atoms with E-state index in [1.807, 2.05) is 0 Å². The SMILES string of the molecule is CCCCCCn1c2c(c(C)cc1=O)C(=O)c1c(C)cc(=O)n(N)c1C2=O. The van der Waals surface area contributed by atoms with Gasteiger partial charge in [0.15, 0.2) is 5.78 Å². The zero-order valence-electron chi connectivity index (χ0n) is 15.8. The molecule has 0 unspecified atom stereocenters. The van der Waals surface area contributed by atoms with Crippen molar-refractivity contribution in [3.63, 3.8) is 0 Å². The molecule has 2 heterocycles. The molecule has 0 saturated heterocycles. The third-order valence-electron chi connectivity index (χ3n) is 5.08. The number of nitrogens with zero attached hydrogens (tertiary/aromatic N) is 2. The van der Waals surface area contributed by atoms with E-state index in [9.17, 15) is 19.2 Å². The minimum absolute atomic E-state index is 0.0400. The molecule has 0 saturated carbocycles. The molecule has 2 aromatic rings. The van der Waals surface area contributed by atoms with Gasteiger partial charge in [0.1, 0.15) is 11.4 Å². The van der Waals surface area contributed by atoms with Crippen molar-refractivity contribution in [2.45, 2.75) is 53.0 Å². The van der Waals surface area contributed by atoms with E-state index in [1.54, 1.807) is 13.8 Å². The van der Waals surface area contributed by atoms with Gasteiger partial charge >= 0.3 is 0 Å². The summed E-state index contributed by atoms with van der Waals surface area (Å²) in [6.45, 7) is 5.68. The summed E-state index contributed by atoms with van der Waals surface area (Å²) >= 11 is 0. The van der Waals surface area contributed by atoms with Crippen LogP contribution in [0.5, 0.6) is 0 Å². The molecule has 0 atom stereocenters. The van der Waals surface area contributed by atoms with Crippen molar-refractivity contribution in [1.29, 1.82) is 0 Å². The van der Waals surface area contributed by atoms with E-state index in [0.717, 1.165) is 25.7 Å². The Balaban J connectivity index is 2.25. The summed E-state index contributed by atoms with van der Waals surface area (Å²) in [5.74, 6) is 4.86. The van der Waals surface area contributed by atoms with Gasteiger partial charge in [-0.25, -0.2) is 4.68 Å². The highest BCUT2D eigenvalue weighted by Crippen LogP contribution is 2.29. The molecule has 7 heteroatoms. The van der Waals surface area contributed by atoms with E-state index in [-0.39, 0.29) is 33.9 Å². The van der Waals surface area contributed by atoms with E-state index in [4.69, 9.17) is 5.84 Å². The number of carbonyl (C=O) groups is 2. The van der Waals surface area contributed by atoms with Crippen LogP contribution in [0.15, 0.2) is 21.7 Å². The summed E-state index contributed by atoms with van der Waals surface area (Å²) in [5, 5.41) is 0. The van der Waals surface area contributed by atoms with Crippen LogP contribution in [0.2, 0.25) is 0 Å². The molecule has 142 valence electrons. The minimum Gasteiger partial charge on any atom is -0.336 e. The van der Waals surface area contributed by atoms with Crippen molar-refractivity contribution >= 4 is 11.6 Å². The van der Waals surface area contributed by atoms with Gasteiger partial charge in [0.2, 0.25) is 5.78 Å². The summed E-state index contributed by atoms with van der Waals surface area (Å²) < 4.78 is 2.06. The van der Waals surface area contributed by atoms with Gasteiger partial charge in [-0.3, -0.25) is 19.2 Å². The first kappa shape index (κ1) is 18.8. The number of nitrogen functional groups attached to an aromatic ring is 1. The molecule has 0 aliphatic heterocycles. The van der Waals surface area contributed by atoms with E-state index in [2.05, 4.69) is 6.92 Å². The van der Waals surface area contributed by atoms with Crippen molar-refractivity contribution in [1.82, 2.24) is 9.24 Å². The fraction of sp³-hybridized carbons (Fsp3) is 0.400. The third-order valence-corrected chi connectivity index (χ3v) is 5.08. The lowest BCUT2D eigenvalue weighted by Gasteiger charge is -2.25. The molecule has 2 N–H and O–H groups in total. The topological polar surface area (TPSA) is 104 Å². The van der Waals surface area contributed by atoms with Gasteiger partial charge < -0.3 is 10.4 Å². The largest absolute Gasteiger partial charge is 0.336 e. The average molecular weight is 369 g/mol. The standard InChI is InChI=1S/C20H23N3O4/c1-4-5-6-7-8-22-13(24)9-11(2)15-17(22)20(27)18-16(19(15)26)12(3)10-14(25)23(18)21/h9-10H,4-8,21H2,1-3H3. The number of fused-ring (bicyclic) bond motifs is 2. The Morgan fingerprint density at radius 1 is 0.815 bits per heavy atom. The van der Waals surface area contributed by atoms with Crippen molar-refractivity contribution in [2.75, 3.05) is 5.84 Å². The first-order chi connectivity index (χ1) is 12.8. The van der Waals surface area contributed by atoms with Crippen molar-refractivity contribution in [3.8, 4) is 0 Å². The summed E-state index contributed by atoms with van der Waals surface area (Å²) in [6, 6.07) is 2.63. The quantitative estimate of drug-likeness (QED) is 0.544. The number of unbranched alkanes of at least 4 members (excludes halogenated alkanes) is 3. The number of pyridine rings is 2. The maximum Gasteiger partial charge on any atom is 0.269 e. The maximum absolute atomic E-state index is 13.2. The van der Waals surface area contributed by atoms with Gasteiger partial charge in [-0.15, -0.1) is 0 Å². The van der Waals surface area contributed by atoms with Crippen LogP contribution in [0.1, 0.15) is 75.8 Å². The van der Waals surface area contributed by atoms with E-state index >= 15 is 0 Å². The van der Waals surface area contributed by atoms with Crippen LogP contribution in [0.25, 0.3) is 0 Å². The number of hydrogen-bond acceptors (Lipinski definition) is 5. The van der Waals surface area contributed by atoms with Crippen LogP contribution < -0.4 is 17.0 Å². The molecule has 0 fully saturated rings. The lowest BCUT2D eigenvalue weighted by atomic mass is 9.85. The van der Waals surface area contributed by atoms with Crippen LogP contribution in [-0.2, 0) is 6.54 Å². The Hall–Kier alpha value is -2.96. The molecule has 1 aliphatic rings. The molecule has 0 amide bonds. The van der Waals surface area contributed by atoms with E-state index < -0.39 is 11.3 Å². The molecule has 3 rings (SSSR count). The number of aromatic nitrogens is 2. The van der Waals surface area contributed by atoms with Crippen molar-refractivity contribution < 1.29 is 9.59 Å². The third kappa shape index (κ3) is 2.93. The van der Waals surface area contributed by atoms with Crippen molar-refractivity contribution in [2.24, 2.45) is 0 Å². The van der Waals surface area contributed by atoms with Crippen LogP contribution in [0, 0.1) is 13.8 Å². The molecular weight excluding hydrogens is 346 g/mol. The second-order valence-electron chi connectivity index (χ2n) is 7.02. The minimum atomic E-state index is -0.569. The molecule has 0 aromatic carbocycles. The molecular formula is C20H23N3O4. The Morgan fingerprint density at radius 3 is 2.04 bits per heavy atom. The molecule has 27 heavy (non-hydrogen) atoms. The molecule has 1 aliphatic carbocycles. The predicted molar refractivity (Wildman–Crippen MR) is 102 cm³/mol. The van der Waals surface area contributed by atoms with Gasteiger partial charge in [0.05, 0.1) is 11.1 Å². The zero-order valence-corrected chi connectivity index (χ0v) is 15.8. The van der Waals surface area contributed by atoms with Gasteiger partial charge in [-0.2, -0.15) is 0 Å². The number of hydrogen-bond donors (Lipinski definition) is 1. The fourth-order valence-corrected chi connectivity index (χ4v) is 3.70. The number of nitrogens with two attached hydrogens (primary N) is 1. The summed E-state index contributed by atoms with van der Waals surface area (Å²) in [6.07, 6.45) is 3.72. The Morgan fingerprint density at radius 2 is 1.41 bits per heavy atom. The lowest BCUT2D eigenvalue weighted by molar-refractivity contribution is 0.0962. The van der Waals surface area contributed by atoms with Crippen LogP contribution in [0.4, 0.5) is 0 Å². The smallest absolute Gasteiger partial charge is 0.269 e. The molecule has 7 nitrogen and oxygen atoms in total. The van der Waals surface area contributed by atoms with E-state index in [1.165, 1.54) is 16.7 Å². The number of ketones is 2. The highest BCUT2D eigenvalue weighted by atomic mass is 16.2. The molecule has 2 aromatic heterocycles. The number of aryl methyl sites for hydroxylation is 2. The van der Waals surface area contributed by atoms with E-state index in [0.29, 0.717) is 22.3 Å². The van der Waals surface area contributed by atoms with Crippen LogP contribution in [0.3, 0.4) is 0 Å². The first-order valence-corrected chi connectivity index (χ1v) is 9.15. The first-order valence-electron chi connectivity index (χ1n) is 9.15. The van der Waals surface area contributed by atoms with Gasteiger partial charge in [-0.1, -0.05) is 26.2 Å². The van der Waals surface area contributed by atoms with Gasteiger partial charge in [0.25, 0.3) is 11.1 Å². The fourth-order valence-electron chi connectivity index (χ4n) is 3.70. The second kappa shape index (κ2) is 6.98. The zero-order chi connectivity index (χ0) is 19.9. The Bertz CT molecular complexity index is 1080. The second-order valence-corrected chi connectivity index (χ2v) is 7.02. The summed E-state index contributed by atoms with van der Waals surface area (Å²) in [4.78, 5) is 51.0. The Labute approximate surface area is 156 Å². The molecule has 0 bridgehead atoms. The highest BCUT2D eigenvalue weighted by molar-refractivity contribution is 6.28. The monoisotopic (exact) mass is 369 g/mol. The summed E-state index contributed by atoms with van der Waals surface area (Å²) in [7, 11) is 0.